The van der Waals surface area contributed by atoms with Gasteiger partial charge in [-0.1, -0.05) is 5.16 Å². The van der Waals surface area contributed by atoms with Crippen LogP contribution in [-0.2, 0) is 0 Å². The Balaban J connectivity index is 1.30. The van der Waals surface area contributed by atoms with E-state index in [0.29, 0.717) is 24.7 Å². The van der Waals surface area contributed by atoms with E-state index < -0.39 is 0 Å². The van der Waals surface area contributed by atoms with Crippen LogP contribution in [0, 0.1) is 13.8 Å². The fourth-order valence-electron chi connectivity index (χ4n) is 2.79. The van der Waals surface area contributed by atoms with Gasteiger partial charge in [0.25, 0.3) is 5.91 Å². The second-order valence-electron chi connectivity index (χ2n) is 6.55. The summed E-state index contributed by atoms with van der Waals surface area (Å²) in [6.45, 7) is 4.80. The van der Waals surface area contributed by atoms with Crippen LogP contribution in [0.25, 0.3) is 17.1 Å². The van der Waals surface area contributed by atoms with Crippen molar-refractivity contribution < 1.29 is 9.32 Å². The van der Waals surface area contributed by atoms with Gasteiger partial charge in [-0.15, -0.1) is 0 Å². The van der Waals surface area contributed by atoms with Crippen LogP contribution in [0.5, 0.6) is 0 Å². The van der Waals surface area contributed by atoms with Gasteiger partial charge in [0.05, 0.1) is 5.69 Å². The van der Waals surface area contributed by atoms with Gasteiger partial charge < -0.3 is 15.2 Å². The molecule has 0 unspecified atom stereocenters. The molecule has 4 aromatic rings. The first-order chi connectivity index (χ1) is 14.6. The predicted molar refractivity (Wildman–Crippen MR) is 109 cm³/mol. The molecule has 1 amide bonds. The SMILES string of the molecule is Cc1ncn(-c2cc(NCCNC(=O)c3cc(-c4cccnc4)on3)ncn2)c1C. The van der Waals surface area contributed by atoms with E-state index in [4.69, 9.17) is 4.52 Å². The van der Waals surface area contributed by atoms with Crippen LogP contribution in [-0.4, -0.2) is 48.7 Å². The topological polar surface area (TPSA) is 124 Å². The van der Waals surface area contributed by atoms with Crippen LogP contribution in [0.3, 0.4) is 0 Å². The number of aryl methyl sites for hydroxylation is 1. The number of hydrogen-bond acceptors (Lipinski definition) is 8. The Bertz CT molecular complexity index is 1150. The summed E-state index contributed by atoms with van der Waals surface area (Å²) in [6.07, 6.45) is 6.53. The van der Waals surface area contributed by atoms with Gasteiger partial charge in [-0.05, 0) is 26.0 Å². The molecular formula is C20H20N8O2. The van der Waals surface area contributed by atoms with Crippen LogP contribution >= 0.6 is 0 Å². The van der Waals surface area contributed by atoms with E-state index in [-0.39, 0.29) is 11.6 Å². The second kappa shape index (κ2) is 8.52. The van der Waals surface area contributed by atoms with Crippen molar-refractivity contribution in [2.24, 2.45) is 0 Å². The zero-order chi connectivity index (χ0) is 20.9. The van der Waals surface area contributed by atoms with Gasteiger partial charge in [0.15, 0.2) is 11.5 Å². The number of carbonyl (C=O) groups is 1. The molecule has 0 spiro atoms. The Hall–Kier alpha value is -4.08. The smallest absolute Gasteiger partial charge is 0.273 e. The highest BCUT2D eigenvalue weighted by Gasteiger charge is 2.13. The highest BCUT2D eigenvalue weighted by Crippen LogP contribution is 2.18. The van der Waals surface area contributed by atoms with Crippen LogP contribution in [0.4, 0.5) is 5.82 Å². The molecule has 4 rings (SSSR count). The lowest BCUT2D eigenvalue weighted by molar-refractivity contribution is 0.0946. The van der Waals surface area contributed by atoms with Gasteiger partial charge in [0, 0.05) is 48.9 Å². The number of hydrogen-bond donors (Lipinski definition) is 2. The van der Waals surface area contributed by atoms with Crippen molar-refractivity contribution in [3.8, 4) is 17.1 Å². The average molecular weight is 404 g/mol. The minimum absolute atomic E-state index is 0.212. The maximum atomic E-state index is 12.3. The molecule has 4 heterocycles. The summed E-state index contributed by atoms with van der Waals surface area (Å²) in [7, 11) is 0. The molecule has 0 saturated carbocycles. The van der Waals surface area contributed by atoms with Crippen LogP contribution in [0.2, 0.25) is 0 Å². The Morgan fingerprint density at radius 1 is 1.17 bits per heavy atom. The summed E-state index contributed by atoms with van der Waals surface area (Å²) >= 11 is 0. The fraction of sp³-hybridized carbons (Fsp3) is 0.200. The van der Waals surface area contributed by atoms with Crippen LogP contribution in [0.1, 0.15) is 21.9 Å². The third-order valence-corrected chi connectivity index (χ3v) is 4.56. The number of imidazole rings is 1. The largest absolute Gasteiger partial charge is 0.368 e. The molecule has 0 aliphatic carbocycles. The number of amides is 1. The molecule has 0 bridgehead atoms. The Kier molecular flexibility index (Phi) is 5.46. The summed E-state index contributed by atoms with van der Waals surface area (Å²) in [6, 6.07) is 7.04. The Morgan fingerprint density at radius 2 is 2.07 bits per heavy atom. The molecule has 0 atom stereocenters. The van der Waals surface area contributed by atoms with E-state index in [1.165, 1.54) is 6.33 Å². The predicted octanol–water partition coefficient (Wildman–Crippen LogP) is 2.17. The third kappa shape index (κ3) is 4.17. The number of nitrogens with zero attached hydrogens (tertiary/aromatic N) is 6. The highest BCUT2D eigenvalue weighted by molar-refractivity contribution is 5.93. The first-order valence-corrected chi connectivity index (χ1v) is 9.34. The number of rotatable bonds is 7. The molecular weight excluding hydrogens is 384 g/mol. The molecule has 0 aromatic carbocycles. The van der Waals surface area contributed by atoms with Crippen LogP contribution in [0.15, 0.2) is 53.8 Å². The third-order valence-electron chi connectivity index (χ3n) is 4.56. The van der Waals surface area contributed by atoms with Crippen molar-refractivity contribution in [2.75, 3.05) is 18.4 Å². The summed E-state index contributed by atoms with van der Waals surface area (Å²) in [4.78, 5) is 29.1. The maximum absolute atomic E-state index is 12.3. The highest BCUT2D eigenvalue weighted by atomic mass is 16.5. The summed E-state index contributed by atoms with van der Waals surface area (Å²) in [5.41, 5.74) is 2.94. The van der Waals surface area contributed by atoms with Crippen molar-refractivity contribution in [3.05, 3.63) is 66.4 Å². The van der Waals surface area contributed by atoms with Crippen molar-refractivity contribution in [1.82, 2.24) is 35.0 Å². The number of nitrogens with one attached hydrogen (secondary N) is 2. The summed E-state index contributed by atoms with van der Waals surface area (Å²) in [5.74, 6) is 1.55. The number of aromatic nitrogens is 6. The summed E-state index contributed by atoms with van der Waals surface area (Å²) in [5, 5.41) is 9.78. The normalized spacial score (nSPS) is 10.7. The Labute approximate surface area is 172 Å². The van der Waals surface area contributed by atoms with Crippen LogP contribution < -0.4 is 10.6 Å². The van der Waals surface area contributed by atoms with Crippen molar-refractivity contribution in [2.45, 2.75) is 13.8 Å². The van der Waals surface area contributed by atoms with E-state index >= 15 is 0 Å². The van der Waals surface area contributed by atoms with Crippen molar-refractivity contribution in [3.63, 3.8) is 0 Å². The molecule has 152 valence electrons. The van der Waals surface area contributed by atoms with Gasteiger partial charge in [-0.2, -0.15) is 0 Å². The van der Waals surface area contributed by atoms with Gasteiger partial charge in [-0.3, -0.25) is 14.3 Å². The molecule has 10 heteroatoms. The first kappa shape index (κ1) is 19.2. The molecule has 0 fully saturated rings. The molecule has 0 saturated heterocycles. The number of pyridine rings is 1. The second-order valence-corrected chi connectivity index (χ2v) is 6.55. The molecule has 10 nitrogen and oxygen atoms in total. The molecule has 30 heavy (non-hydrogen) atoms. The van der Waals surface area contributed by atoms with Gasteiger partial charge in [-0.25, -0.2) is 15.0 Å². The van der Waals surface area contributed by atoms with E-state index in [1.807, 2.05) is 30.5 Å². The van der Waals surface area contributed by atoms with Crippen molar-refractivity contribution >= 4 is 11.7 Å². The van der Waals surface area contributed by atoms with Crippen molar-refractivity contribution in [1.29, 1.82) is 0 Å². The molecule has 0 radical (unpaired) electrons. The minimum Gasteiger partial charge on any atom is -0.368 e. The zero-order valence-electron chi connectivity index (χ0n) is 16.5. The maximum Gasteiger partial charge on any atom is 0.273 e. The van der Waals surface area contributed by atoms with Gasteiger partial charge >= 0.3 is 0 Å². The quantitative estimate of drug-likeness (QED) is 0.449. The van der Waals surface area contributed by atoms with E-state index in [2.05, 4.69) is 35.7 Å². The molecule has 2 N–H and O–H groups in total. The molecule has 4 aromatic heterocycles. The van der Waals surface area contributed by atoms with Gasteiger partial charge in [0.1, 0.15) is 24.3 Å². The number of anilines is 1. The monoisotopic (exact) mass is 404 g/mol. The van der Waals surface area contributed by atoms with Gasteiger partial charge in [0.2, 0.25) is 0 Å². The average Bonchev–Trinajstić information content (AvgIpc) is 3.40. The fourth-order valence-corrected chi connectivity index (χ4v) is 2.79. The first-order valence-electron chi connectivity index (χ1n) is 9.34. The lowest BCUT2D eigenvalue weighted by Gasteiger charge is -2.09. The standard InChI is InChI=1S/C20H20N8O2/c1-13-14(2)28(12-26-13)19-9-18(24-11-25-19)22-6-7-23-20(29)16-8-17(30-27-16)15-4-3-5-21-10-15/h3-5,8-12H,6-7H2,1-2H3,(H,23,29)(H,22,24,25). The molecule has 0 aliphatic rings. The van der Waals surface area contributed by atoms with E-state index in [0.717, 1.165) is 22.8 Å². The zero-order valence-corrected chi connectivity index (χ0v) is 16.5. The lowest BCUT2D eigenvalue weighted by atomic mass is 10.2. The Morgan fingerprint density at radius 3 is 2.83 bits per heavy atom. The van der Waals surface area contributed by atoms with E-state index in [9.17, 15) is 4.79 Å². The molecule has 0 aliphatic heterocycles. The van der Waals surface area contributed by atoms with E-state index in [1.54, 1.807) is 30.9 Å². The summed E-state index contributed by atoms with van der Waals surface area (Å²) < 4.78 is 7.12. The number of carbonyl (C=O) groups excluding carboxylic acids is 1. The lowest BCUT2D eigenvalue weighted by Crippen LogP contribution is -2.29. The minimum atomic E-state index is -0.316.